The third-order valence-corrected chi connectivity index (χ3v) is 8.62. The van der Waals surface area contributed by atoms with Crippen molar-refractivity contribution < 1.29 is 28.5 Å². The van der Waals surface area contributed by atoms with E-state index in [-0.39, 0.29) is 25.3 Å². The molecule has 0 heterocycles. The van der Waals surface area contributed by atoms with Crippen molar-refractivity contribution in [3.8, 4) is 5.75 Å². The standard InChI is InChI=1S/C33H44O6/c1-4-5-7-11-23(2)16-17-27-28-18-25-14-10-15-30(29(25)19-26(28)20-31(27)39-33(35)36-3)37-22-32(34)38-21-24-12-8-6-9-13-24/h6,8-10,12-15,23,26-28,31H,4-5,7,11,16-22H2,1-3H3/t23-,26-,27+,28-,31+/m0/s1. The Balaban J connectivity index is 1.39. The van der Waals surface area contributed by atoms with E-state index >= 15 is 0 Å². The Bertz CT molecular complexity index is 1070. The predicted molar refractivity (Wildman–Crippen MR) is 150 cm³/mol. The Morgan fingerprint density at radius 1 is 1.00 bits per heavy atom. The molecule has 39 heavy (non-hydrogen) atoms. The second kappa shape index (κ2) is 14.4. The highest BCUT2D eigenvalue weighted by atomic mass is 16.7. The van der Waals surface area contributed by atoms with Crippen molar-refractivity contribution >= 4 is 12.1 Å². The molecule has 2 aliphatic carbocycles. The van der Waals surface area contributed by atoms with Crippen molar-refractivity contribution in [3.63, 3.8) is 0 Å². The highest BCUT2D eigenvalue weighted by Gasteiger charge is 2.47. The van der Waals surface area contributed by atoms with E-state index in [4.69, 9.17) is 18.9 Å². The molecule has 0 bridgehead atoms. The van der Waals surface area contributed by atoms with E-state index in [1.54, 1.807) is 0 Å². The summed E-state index contributed by atoms with van der Waals surface area (Å²) >= 11 is 0. The Labute approximate surface area is 233 Å². The molecule has 5 atom stereocenters. The first-order valence-corrected chi connectivity index (χ1v) is 14.7. The molecular formula is C33H44O6. The summed E-state index contributed by atoms with van der Waals surface area (Å²) in [5.74, 6) is 2.23. The lowest BCUT2D eigenvalue weighted by Crippen LogP contribution is -2.29. The summed E-state index contributed by atoms with van der Waals surface area (Å²) in [6, 6.07) is 15.8. The molecule has 0 N–H and O–H groups in total. The number of carbonyl (C=O) groups excluding carboxylic acids is 2. The van der Waals surface area contributed by atoms with Gasteiger partial charge in [-0.2, -0.15) is 0 Å². The van der Waals surface area contributed by atoms with Crippen LogP contribution in [0.3, 0.4) is 0 Å². The molecule has 0 unspecified atom stereocenters. The average Bonchev–Trinajstić information content (AvgIpc) is 3.28. The number of fused-ring (bicyclic) bond motifs is 2. The highest BCUT2D eigenvalue weighted by molar-refractivity contribution is 5.71. The SMILES string of the molecule is CCCCC[C@H](C)CC[C@@H]1[C@H]2Cc3cccc(OCC(=O)OCc4ccccc4)c3C[C@H]2C[C@H]1OC(=O)OC. The molecular weight excluding hydrogens is 492 g/mol. The maximum absolute atomic E-state index is 12.4. The number of benzene rings is 2. The molecule has 0 saturated heterocycles. The van der Waals surface area contributed by atoms with E-state index in [0.29, 0.717) is 23.7 Å². The predicted octanol–water partition coefficient (Wildman–Crippen LogP) is 7.31. The second-order valence-corrected chi connectivity index (χ2v) is 11.3. The van der Waals surface area contributed by atoms with Gasteiger partial charge in [-0.05, 0) is 72.1 Å². The molecule has 1 fully saturated rings. The van der Waals surface area contributed by atoms with Crippen LogP contribution in [0.5, 0.6) is 5.75 Å². The van der Waals surface area contributed by atoms with Crippen LogP contribution in [-0.4, -0.2) is 31.9 Å². The lowest BCUT2D eigenvalue weighted by atomic mass is 9.73. The van der Waals surface area contributed by atoms with Gasteiger partial charge in [0.1, 0.15) is 18.5 Å². The summed E-state index contributed by atoms with van der Waals surface area (Å²) in [5.41, 5.74) is 3.38. The van der Waals surface area contributed by atoms with Crippen molar-refractivity contribution in [2.45, 2.75) is 84.3 Å². The van der Waals surface area contributed by atoms with Gasteiger partial charge in [-0.25, -0.2) is 9.59 Å². The van der Waals surface area contributed by atoms with Crippen LogP contribution in [0.4, 0.5) is 4.79 Å². The van der Waals surface area contributed by atoms with Crippen molar-refractivity contribution in [1.82, 2.24) is 0 Å². The van der Waals surface area contributed by atoms with Crippen molar-refractivity contribution in [1.29, 1.82) is 0 Å². The molecule has 0 radical (unpaired) electrons. The fourth-order valence-corrected chi connectivity index (χ4v) is 6.50. The van der Waals surface area contributed by atoms with Gasteiger partial charge in [0.05, 0.1) is 7.11 Å². The summed E-state index contributed by atoms with van der Waals surface area (Å²) < 4.78 is 22.1. The largest absolute Gasteiger partial charge is 0.508 e. The molecule has 1 saturated carbocycles. The minimum Gasteiger partial charge on any atom is -0.482 e. The number of rotatable bonds is 13. The Morgan fingerprint density at radius 3 is 2.59 bits per heavy atom. The fraction of sp³-hybridized carbons (Fsp3) is 0.576. The van der Waals surface area contributed by atoms with Gasteiger partial charge in [0.25, 0.3) is 0 Å². The normalized spacial score (nSPS) is 22.3. The summed E-state index contributed by atoms with van der Waals surface area (Å²) in [5, 5.41) is 0. The summed E-state index contributed by atoms with van der Waals surface area (Å²) in [6.07, 6.45) is 9.21. The Hall–Kier alpha value is -3.02. The van der Waals surface area contributed by atoms with Crippen LogP contribution in [0.15, 0.2) is 48.5 Å². The zero-order valence-electron chi connectivity index (χ0n) is 23.7. The van der Waals surface area contributed by atoms with Crippen LogP contribution in [0.1, 0.15) is 75.5 Å². The van der Waals surface area contributed by atoms with Gasteiger partial charge in [-0.3, -0.25) is 0 Å². The van der Waals surface area contributed by atoms with Crippen molar-refractivity contribution in [2.75, 3.05) is 13.7 Å². The minimum absolute atomic E-state index is 0.121. The monoisotopic (exact) mass is 536 g/mol. The van der Waals surface area contributed by atoms with Gasteiger partial charge >= 0.3 is 12.1 Å². The van der Waals surface area contributed by atoms with Crippen LogP contribution < -0.4 is 4.74 Å². The number of esters is 1. The van der Waals surface area contributed by atoms with E-state index in [2.05, 4.69) is 19.9 Å². The molecule has 6 nitrogen and oxygen atoms in total. The third-order valence-electron chi connectivity index (χ3n) is 8.62. The van der Waals surface area contributed by atoms with E-state index in [1.165, 1.54) is 43.9 Å². The number of methoxy groups -OCH3 is 1. The zero-order chi connectivity index (χ0) is 27.6. The van der Waals surface area contributed by atoms with Crippen molar-refractivity contribution in [3.05, 3.63) is 65.2 Å². The van der Waals surface area contributed by atoms with Crippen LogP contribution in [0.25, 0.3) is 0 Å². The first-order valence-electron chi connectivity index (χ1n) is 14.7. The number of unbranched alkanes of at least 4 members (excludes halogenated alkanes) is 2. The van der Waals surface area contributed by atoms with Crippen LogP contribution in [0, 0.1) is 23.7 Å². The molecule has 2 aromatic carbocycles. The topological polar surface area (TPSA) is 71.1 Å². The molecule has 0 amide bonds. The fourth-order valence-electron chi connectivity index (χ4n) is 6.50. The first-order chi connectivity index (χ1) is 19.0. The van der Waals surface area contributed by atoms with Crippen LogP contribution in [-0.2, 0) is 38.5 Å². The number of hydrogen-bond acceptors (Lipinski definition) is 6. The smallest absolute Gasteiger partial charge is 0.482 e. The van der Waals surface area contributed by atoms with Gasteiger partial charge in [0, 0.05) is 0 Å². The second-order valence-electron chi connectivity index (χ2n) is 11.3. The molecule has 212 valence electrons. The minimum atomic E-state index is -0.588. The molecule has 2 aliphatic rings. The molecule has 0 aromatic heterocycles. The van der Waals surface area contributed by atoms with Gasteiger partial charge in [-0.15, -0.1) is 0 Å². The molecule has 0 spiro atoms. The average molecular weight is 537 g/mol. The lowest BCUT2D eigenvalue weighted by molar-refractivity contribution is -0.147. The van der Waals surface area contributed by atoms with E-state index < -0.39 is 6.16 Å². The van der Waals surface area contributed by atoms with Gasteiger partial charge in [-0.1, -0.05) is 88.4 Å². The highest BCUT2D eigenvalue weighted by Crippen LogP contribution is 2.49. The maximum Gasteiger partial charge on any atom is 0.508 e. The quantitative estimate of drug-likeness (QED) is 0.197. The molecule has 0 aliphatic heterocycles. The van der Waals surface area contributed by atoms with Gasteiger partial charge in [0.15, 0.2) is 6.61 Å². The summed E-state index contributed by atoms with van der Waals surface area (Å²) in [4.78, 5) is 24.4. The van der Waals surface area contributed by atoms with Crippen LogP contribution >= 0.6 is 0 Å². The first kappa shape index (κ1) is 29.0. The van der Waals surface area contributed by atoms with Gasteiger partial charge < -0.3 is 18.9 Å². The lowest BCUT2D eigenvalue weighted by Gasteiger charge is -2.32. The van der Waals surface area contributed by atoms with E-state index in [9.17, 15) is 9.59 Å². The molecule has 4 rings (SSSR count). The Kier molecular flexibility index (Phi) is 10.7. The Morgan fingerprint density at radius 2 is 1.82 bits per heavy atom. The van der Waals surface area contributed by atoms with Gasteiger partial charge in [0.2, 0.25) is 0 Å². The van der Waals surface area contributed by atoms with E-state index in [1.807, 2.05) is 42.5 Å². The molecule has 6 heteroatoms. The molecule has 2 aromatic rings. The third kappa shape index (κ3) is 8.00. The van der Waals surface area contributed by atoms with E-state index in [0.717, 1.165) is 43.4 Å². The number of carbonyl (C=O) groups is 2. The summed E-state index contributed by atoms with van der Waals surface area (Å²) in [6.45, 7) is 4.71. The number of hydrogen-bond donors (Lipinski definition) is 0. The maximum atomic E-state index is 12.4. The zero-order valence-corrected chi connectivity index (χ0v) is 23.7. The summed E-state index contributed by atoms with van der Waals surface area (Å²) in [7, 11) is 1.37. The number of ether oxygens (including phenoxy) is 4. The van der Waals surface area contributed by atoms with Crippen molar-refractivity contribution in [2.24, 2.45) is 23.7 Å². The van der Waals surface area contributed by atoms with Crippen LogP contribution in [0.2, 0.25) is 0 Å².